The van der Waals surface area contributed by atoms with Crippen LogP contribution >= 0.6 is 0 Å². The molecule has 0 aliphatic rings. The Morgan fingerprint density at radius 1 is 1.06 bits per heavy atom. The zero-order valence-electron chi connectivity index (χ0n) is 19.0. The molecule has 2 heterocycles. The van der Waals surface area contributed by atoms with Crippen molar-refractivity contribution >= 4 is 5.91 Å². The normalized spacial score (nSPS) is 11.0. The number of carbonyl (C=O) groups excluding carboxylic acids is 1. The summed E-state index contributed by atoms with van der Waals surface area (Å²) in [5, 5.41) is 3.00. The molecule has 7 heteroatoms. The van der Waals surface area contributed by atoms with Crippen molar-refractivity contribution in [1.82, 2.24) is 25.2 Å². The number of H-pyrrole nitrogens is 1. The minimum absolute atomic E-state index is 0.0837. The highest BCUT2D eigenvalue weighted by atomic mass is 16.1. The second-order valence-corrected chi connectivity index (χ2v) is 7.72. The number of aryl methyl sites for hydroxylation is 1. The van der Waals surface area contributed by atoms with Gasteiger partial charge in [-0.2, -0.15) is 0 Å². The molecule has 0 radical (unpaired) electrons. The molecule has 0 fully saturated rings. The third kappa shape index (κ3) is 6.11. The number of hydrogen-bond acceptors (Lipinski definition) is 5. The number of pyridine rings is 1. The van der Waals surface area contributed by atoms with Crippen molar-refractivity contribution in [3.05, 3.63) is 81.5 Å². The molecule has 168 valence electrons. The van der Waals surface area contributed by atoms with E-state index in [4.69, 9.17) is 0 Å². The Labute approximate surface area is 188 Å². The fourth-order valence-corrected chi connectivity index (χ4v) is 3.64. The first kappa shape index (κ1) is 23.3. The summed E-state index contributed by atoms with van der Waals surface area (Å²) < 4.78 is 0. The van der Waals surface area contributed by atoms with Crippen LogP contribution in [0.25, 0.3) is 11.4 Å². The molecule has 0 bridgehead atoms. The summed E-state index contributed by atoms with van der Waals surface area (Å²) in [6.45, 7) is 9.41. The Balaban J connectivity index is 1.60. The number of nitrogens with one attached hydrogen (secondary N) is 2. The van der Waals surface area contributed by atoms with Gasteiger partial charge in [0.05, 0.1) is 0 Å². The molecule has 0 aliphatic carbocycles. The second-order valence-electron chi connectivity index (χ2n) is 7.72. The molecule has 2 aromatic heterocycles. The predicted octanol–water partition coefficient (Wildman–Crippen LogP) is 3.23. The Bertz CT molecular complexity index is 1090. The lowest BCUT2D eigenvalue weighted by molar-refractivity contribution is -0.121. The van der Waals surface area contributed by atoms with Gasteiger partial charge in [-0.15, -0.1) is 0 Å². The van der Waals surface area contributed by atoms with Gasteiger partial charge in [-0.1, -0.05) is 38.1 Å². The highest BCUT2D eigenvalue weighted by molar-refractivity contribution is 5.76. The lowest BCUT2D eigenvalue weighted by atomic mass is 10.1. The zero-order valence-corrected chi connectivity index (χ0v) is 19.0. The lowest BCUT2D eigenvalue weighted by Crippen LogP contribution is -2.27. The summed E-state index contributed by atoms with van der Waals surface area (Å²) in [6, 6.07) is 11.8. The lowest BCUT2D eigenvalue weighted by Gasteiger charge is -2.20. The fraction of sp³-hybridized carbons (Fsp3) is 0.360. The number of benzene rings is 1. The van der Waals surface area contributed by atoms with Gasteiger partial charge in [-0.05, 0) is 49.7 Å². The molecular formula is C25H31N5O2. The Morgan fingerprint density at radius 2 is 1.75 bits per heavy atom. The maximum atomic E-state index is 12.6. The van der Waals surface area contributed by atoms with E-state index in [1.165, 1.54) is 5.56 Å². The molecule has 0 aliphatic heterocycles. The van der Waals surface area contributed by atoms with Crippen molar-refractivity contribution in [2.45, 2.75) is 46.7 Å². The molecule has 1 aromatic carbocycles. The van der Waals surface area contributed by atoms with E-state index in [9.17, 15) is 9.59 Å². The Morgan fingerprint density at radius 3 is 2.41 bits per heavy atom. The molecule has 0 spiro atoms. The van der Waals surface area contributed by atoms with Crippen LogP contribution in [-0.4, -0.2) is 38.8 Å². The minimum Gasteiger partial charge on any atom is -0.352 e. The van der Waals surface area contributed by atoms with Crippen LogP contribution in [0.2, 0.25) is 0 Å². The van der Waals surface area contributed by atoms with Gasteiger partial charge in [0, 0.05) is 48.7 Å². The minimum atomic E-state index is -0.207. The van der Waals surface area contributed by atoms with Crippen LogP contribution in [0.3, 0.4) is 0 Å². The largest absolute Gasteiger partial charge is 0.352 e. The summed E-state index contributed by atoms with van der Waals surface area (Å²) in [7, 11) is 0. The van der Waals surface area contributed by atoms with Gasteiger partial charge < -0.3 is 10.3 Å². The topological polar surface area (TPSA) is 91.0 Å². The molecule has 3 aromatic rings. The van der Waals surface area contributed by atoms with E-state index in [0.717, 1.165) is 30.8 Å². The Hall–Kier alpha value is -3.32. The average molecular weight is 434 g/mol. The molecule has 0 atom stereocenters. The van der Waals surface area contributed by atoms with Crippen molar-refractivity contribution < 1.29 is 4.79 Å². The molecule has 1 amide bonds. The van der Waals surface area contributed by atoms with Crippen LogP contribution in [0.15, 0.2) is 53.6 Å². The van der Waals surface area contributed by atoms with E-state index in [1.807, 2.05) is 12.1 Å². The number of amides is 1. The van der Waals surface area contributed by atoms with Crippen LogP contribution in [0.1, 0.15) is 42.7 Å². The summed E-state index contributed by atoms with van der Waals surface area (Å²) in [6.07, 6.45) is 3.89. The predicted molar refractivity (Wildman–Crippen MR) is 126 cm³/mol. The fourth-order valence-electron chi connectivity index (χ4n) is 3.64. The van der Waals surface area contributed by atoms with Crippen molar-refractivity contribution in [2.75, 3.05) is 13.1 Å². The SMILES string of the molecule is CCN(CC)Cc1ccccc1CNC(=O)CCc1c(C)nc(-c2ccncc2)[nH]c1=O. The molecule has 0 saturated carbocycles. The van der Waals surface area contributed by atoms with Gasteiger partial charge in [-0.3, -0.25) is 19.5 Å². The highest BCUT2D eigenvalue weighted by Crippen LogP contribution is 2.14. The van der Waals surface area contributed by atoms with Gasteiger partial charge in [0.25, 0.3) is 5.56 Å². The quantitative estimate of drug-likeness (QED) is 0.512. The average Bonchev–Trinajstić information content (AvgIpc) is 2.81. The monoisotopic (exact) mass is 433 g/mol. The smallest absolute Gasteiger partial charge is 0.254 e. The van der Waals surface area contributed by atoms with Crippen LogP contribution < -0.4 is 10.9 Å². The summed E-state index contributed by atoms with van der Waals surface area (Å²) in [5.74, 6) is 0.424. The Kier molecular flexibility index (Phi) is 8.27. The standard InChI is InChI=1S/C25H31N5O2/c1-4-30(5-2)17-21-9-7-6-8-20(21)16-27-23(31)11-10-22-18(3)28-24(29-25(22)32)19-12-14-26-15-13-19/h6-9,12-15H,4-5,10-11,16-17H2,1-3H3,(H,27,31)(H,28,29,32). The van der Waals surface area contributed by atoms with Gasteiger partial charge in [0.2, 0.25) is 5.91 Å². The van der Waals surface area contributed by atoms with E-state index in [0.29, 0.717) is 30.0 Å². The van der Waals surface area contributed by atoms with E-state index >= 15 is 0 Å². The van der Waals surface area contributed by atoms with E-state index in [-0.39, 0.29) is 17.9 Å². The van der Waals surface area contributed by atoms with Crippen LogP contribution in [-0.2, 0) is 24.3 Å². The maximum Gasteiger partial charge on any atom is 0.254 e. The van der Waals surface area contributed by atoms with Crippen molar-refractivity contribution in [1.29, 1.82) is 0 Å². The summed E-state index contributed by atoms with van der Waals surface area (Å²) in [4.78, 5) is 38.7. The molecule has 7 nitrogen and oxygen atoms in total. The molecular weight excluding hydrogens is 402 g/mol. The number of aromatic nitrogens is 3. The van der Waals surface area contributed by atoms with Gasteiger partial charge in [-0.25, -0.2) is 4.98 Å². The van der Waals surface area contributed by atoms with E-state index < -0.39 is 0 Å². The summed E-state index contributed by atoms with van der Waals surface area (Å²) >= 11 is 0. The molecule has 32 heavy (non-hydrogen) atoms. The van der Waals surface area contributed by atoms with Gasteiger partial charge in [0.15, 0.2) is 0 Å². The third-order valence-corrected chi connectivity index (χ3v) is 5.66. The first-order valence-electron chi connectivity index (χ1n) is 11.1. The van der Waals surface area contributed by atoms with Crippen LogP contribution in [0.4, 0.5) is 0 Å². The van der Waals surface area contributed by atoms with Crippen LogP contribution in [0, 0.1) is 6.92 Å². The number of nitrogens with zero attached hydrogens (tertiary/aromatic N) is 3. The van der Waals surface area contributed by atoms with Crippen molar-refractivity contribution in [2.24, 2.45) is 0 Å². The second kappa shape index (κ2) is 11.3. The highest BCUT2D eigenvalue weighted by Gasteiger charge is 2.12. The number of hydrogen-bond donors (Lipinski definition) is 2. The maximum absolute atomic E-state index is 12.6. The van der Waals surface area contributed by atoms with Crippen LogP contribution in [0.5, 0.6) is 0 Å². The van der Waals surface area contributed by atoms with E-state index in [2.05, 4.69) is 51.1 Å². The molecule has 2 N–H and O–H groups in total. The first-order chi connectivity index (χ1) is 15.5. The molecule has 0 saturated heterocycles. The van der Waals surface area contributed by atoms with Gasteiger partial charge >= 0.3 is 0 Å². The third-order valence-electron chi connectivity index (χ3n) is 5.66. The van der Waals surface area contributed by atoms with E-state index in [1.54, 1.807) is 31.5 Å². The first-order valence-corrected chi connectivity index (χ1v) is 11.1. The van der Waals surface area contributed by atoms with Gasteiger partial charge in [0.1, 0.15) is 5.82 Å². The van der Waals surface area contributed by atoms with Crippen molar-refractivity contribution in [3.8, 4) is 11.4 Å². The summed E-state index contributed by atoms with van der Waals surface area (Å²) in [5.41, 5.74) is 4.11. The number of carbonyl (C=O) groups is 1. The zero-order chi connectivity index (χ0) is 22.9. The number of rotatable bonds is 10. The number of aromatic amines is 1. The molecule has 3 rings (SSSR count). The van der Waals surface area contributed by atoms with Crippen molar-refractivity contribution in [3.63, 3.8) is 0 Å². The molecule has 0 unspecified atom stereocenters.